The Morgan fingerprint density at radius 3 is 2.96 bits per heavy atom. The summed E-state index contributed by atoms with van der Waals surface area (Å²) in [5.41, 5.74) is 2.70. The molecule has 0 saturated carbocycles. The number of carbonyl (C=O) groups excluding carboxylic acids is 1. The number of benzene rings is 1. The molecule has 2 aromatic heterocycles. The van der Waals surface area contributed by atoms with Crippen LogP contribution in [-0.4, -0.2) is 51.7 Å². The van der Waals surface area contributed by atoms with Crippen molar-refractivity contribution >= 4 is 39.7 Å². The van der Waals surface area contributed by atoms with Crippen LogP contribution in [0.2, 0.25) is 0 Å². The largest absolute Gasteiger partial charge is 0.385 e. The Kier molecular flexibility index (Phi) is 5.83. The summed E-state index contributed by atoms with van der Waals surface area (Å²) in [6.45, 7) is 4.12. The summed E-state index contributed by atoms with van der Waals surface area (Å²) >= 11 is 1.29. The topological polar surface area (TPSA) is 81.9 Å². The van der Waals surface area contributed by atoms with Gasteiger partial charge in [-0.2, -0.15) is 0 Å². The molecule has 8 heteroatoms. The minimum Gasteiger partial charge on any atom is -0.385 e. The number of carbonyl (C=O) groups is 1. The standard InChI is InChI=1S/C17H21N5O2S/c1-3-22-13-8-5-4-7-12(13)15-16(22)19-17(21-20-15)25-11-14(23)18-9-6-10-24-2/h4-5,7-8H,3,6,9-11H2,1-2H3,(H,18,23). The van der Waals surface area contributed by atoms with Crippen molar-refractivity contribution in [2.75, 3.05) is 26.0 Å². The molecule has 0 fully saturated rings. The Balaban J connectivity index is 1.73. The molecule has 2 heterocycles. The number of amides is 1. The first-order valence-corrected chi connectivity index (χ1v) is 9.23. The van der Waals surface area contributed by atoms with E-state index in [1.807, 2.05) is 18.2 Å². The Bertz CT molecular complexity index is 880. The quantitative estimate of drug-likeness (QED) is 0.491. The molecule has 0 atom stereocenters. The number of thioether (sulfide) groups is 1. The van der Waals surface area contributed by atoms with Gasteiger partial charge in [0.25, 0.3) is 0 Å². The summed E-state index contributed by atoms with van der Waals surface area (Å²) in [7, 11) is 1.65. The summed E-state index contributed by atoms with van der Waals surface area (Å²) in [6, 6.07) is 8.08. The van der Waals surface area contributed by atoms with Crippen LogP contribution in [0.4, 0.5) is 0 Å². The number of rotatable bonds is 8. The fraction of sp³-hybridized carbons (Fsp3) is 0.412. The van der Waals surface area contributed by atoms with Crippen LogP contribution in [0.3, 0.4) is 0 Å². The van der Waals surface area contributed by atoms with Crippen LogP contribution in [0.25, 0.3) is 22.1 Å². The molecule has 132 valence electrons. The van der Waals surface area contributed by atoms with Crippen LogP contribution in [0, 0.1) is 0 Å². The number of aryl methyl sites for hydroxylation is 1. The van der Waals surface area contributed by atoms with Crippen LogP contribution in [-0.2, 0) is 16.1 Å². The summed E-state index contributed by atoms with van der Waals surface area (Å²) in [5, 5.41) is 12.9. The van der Waals surface area contributed by atoms with Crippen LogP contribution >= 0.6 is 11.8 Å². The van der Waals surface area contributed by atoms with E-state index in [2.05, 4.69) is 38.1 Å². The molecule has 0 bridgehead atoms. The zero-order valence-corrected chi connectivity index (χ0v) is 15.2. The molecule has 0 saturated heterocycles. The number of hydrogen-bond acceptors (Lipinski definition) is 6. The zero-order valence-electron chi connectivity index (χ0n) is 14.4. The number of nitrogens with zero attached hydrogens (tertiary/aromatic N) is 4. The molecule has 1 amide bonds. The van der Waals surface area contributed by atoms with Gasteiger partial charge in [-0.05, 0) is 19.4 Å². The molecule has 25 heavy (non-hydrogen) atoms. The number of hydrogen-bond donors (Lipinski definition) is 1. The van der Waals surface area contributed by atoms with E-state index in [4.69, 9.17) is 4.74 Å². The van der Waals surface area contributed by atoms with Gasteiger partial charge in [0.05, 0.1) is 11.3 Å². The predicted octanol–water partition coefficient (Wildman–Crippen LogP) is 2.24. The molecule has 7 nitrogen and oxygen atoms in total. The maximum atomic E-state index is 11.9. The molecular formula is C17H21N5O2S. The second kappa shape index (κ2) is 8.26. The first-order chi connectivity index (χ1) is 12.2. The van der Waals surface area contributed by atoms with Crippen molar-refractivity contribution in [1.82, 2.24) is 25.1 Å². The van der Waals surface area contributed by atoms with Crippen LogP contribution in [0.15, 0.2) is 29.4 Å². The van der Waals surface area contributed by atoms with Crippen molar-refractivity contribution in [3.8, 4) is 0 Å². The lowest BCUT2D eigenvalue weighted by molar-refractivity contribution is -0.118. The second-order valence-corrected chi connectivity index (χ2v) is 6.46. The summed E-state index contributed by atoms with van der Waals surface area (Å²) in [4.78, 5) is 16.5. The molecule has 0 radical (unpaired) electrons. The number of aromatic nitrogens is 4. The molecule has 0 spiro atoms. The van der Waals surface area contributed by atoms with Crippen molar-refractivity contribution in [3.05, 3.63) is 24.3 Å². The second-order valence-electron chi connectivity index (χ2n) is 5.51. The van der Waals surface area contributed by atoms with E-state index in [1.165, 1.54) is 11.8 Å². The third-order valence-electron chi connectivity index (χ3n) is 3.85. The average molecular weight is 359 g/mol. The molecule has 3 aromatic rings. The van der Waals surface area contributed by atoms with Crippen molar-refractivity contribution in [3.63, 3.8) is 0 Å². The van der Waals surface area contributed by atoms with E-state index in [-0.39, 0.29) is 11.7 Å². The van der Waals surface area contributed by atoms with E-state index >= 15 is 0 Å². The highest BCUT2D eigenvalue weighted by molar-refractivity contribution is 7.99. The Morgan fingerprint density at radius 2 is 2.16 bits per heavy atom. The van der Waals surface area contributed by atoms with Gasteiger partial charge in [-0.25, -0.2) is 4.98 Å². The highest BCUT2D eigenvalue weighted by Gasteiger charge is 2.14. The zero-order chi connectivity index (χ0) is 17.6. The fourth-order valence-corrected chi connectivity index (χ4v) is 3.31. The first kappa shape index (κ1) is 17.6. The molecule has 1 N–H and O–H groups in total. The van der Waals surface area contributed by atoms with Crippen LogP contribution in [0.1, 0.15) is 13.3 Å². The van der Waals surface area contributed by atoms with Crippen molar-refractivity contribution in [2.24, 2.45) is 0 Å². The molecule has 0 aliphatic carbocycles. The minimum absolute atomic E-state index is 0.0409. The summed E-state index contributed by atoms with van der Waals surface area (Å²) in [5.74, 6) is 0.229. The maximum absolute atomic E-state index is 11.9. The number of ether oxygens (including phenoxy) is 1. The van der Waals surface area contributed by atoms with Crippen molar-refractivity contribution in [2.45, 2.75) is 25.0 Å². The number of methoxy groups -OCH3 is 1. The Labute approximate surface area is 150 Å². The molecule has 0 unspecified atom stereocenters. The van der Waals surface area contributed by atoms with Gasteiger partial charge >= 0.3 is 0 Å². The van der Waals surface area contributed by atoms with Gasteiger partial charge in [-0.3, -0.25) is 4.79 Å². The lowest BCUT2D eigenvalue weighted by Crippen LogP contribution is -2.26. The van der Waals surface area contributed by atoms with Gasteiger partial charge in [0.1, 0.15) is 5.52 Å². The van der Waals surface area contributed by atoms with E-state index in [0.717, 1.165) is 35.0 Å². The third kappa shape index (κ3) is 3.91. The minimum atomic E-state index is -0.0409. The molecular weight excluding hydrogens is 338 g/mol. The SMILES string of the molecule is CCn1c2ccccc2c2nnc(SCC(=O)NCCCOC)nc21. The van der Waals surface area contributed by atoms with Crippen molar-refractivity contribution < 1.29 is 9.53 Å². The van der Waals surface area contributed by atoms with E-state index in [1.54, 1.807) is 7.11 Å². The van der Waals surface area contributed by atoms with Gasteiger partial charge < -0.3 is 14.6 Å². The van der Waals surface area contributed by atoms with E-state index in [9.17, 15) is 4.79 Å². The number of nitrogens with one attached hydrogen (secondary N) is 1. The average Bonchev–Trinajstić information content (AvgIpc) is 2.96. The predicted molar refractivity (Wildman–Crippen MR) is 98.7 cm³/mol. The van der Waals surface area contributed by atoms with E-state index < -0.39 is 0 Å². The van der Waals surface area contributed by atoms with Crippen molar-refractivity contribution in [1.29, 1.82) is 0 Å². The molecule has 3 rings (SSSR count). The molecule has 0 aliphatic rings. The maximum Gasteiger partial charge on any atom is 0.230 e. The van der Waals surface area contributed by atoms with Crippen LogP contribution in [0.5, 0.6) is 0 Å². The highest BCUT2D eigenvalue weighted by Crippen LogP contribution is 2.26. The van der Waals surface area contributed by atoms with Gasteiger partial charge in [0, 0.05) is 32.2 Å². The summed E-state index contributed by atoms with van der Waals surface area (Å²) in [6.07, 6.45) is 0.799. The lowest BCUT2D eigenvalue weighted by Gasteiger charge is -2.04. The molecule has 1 aromatic carbocycles. The Hall–Kier alpha value is -2.19. The normalized spacial score (nSPS) is 11.3. The van der Waals surface area contributed by atoms with Gasteiger partial charge in [0.15, 0.2) is 5.65 Å². The van der Waals surface area contributed by atoms with E-state index in [0.29, 0.717) is 18.3 Å². The van der Waals surface area contributed by atoms with Gasteiger partial charge in [0.2, 0.25) is 11.1 Å². The summed E-state index contributed by atoms with van der Waals surface area (Å²) < 4.78 is 7.07. The van der Waals surface area contributed by atoms with Crippen LogP contribution < -0.4 is 5.32 Å². The lowest BCUT2D eigenvalue weighted by atomic mass is 10.2. The molecule has 0 aliphatic heterocycles. The monoisotopic (exact) mass is 359 g/mol. The number of fused-ring (bicyclic) bond motifs is 3. The van der Waals surface area contributed by atoms with Gasteiger partial charge in [-0.1, -0.05) is 30.0 Å². The van der Waals surface area contributed by atoms with Gasteiger partial charge in [-0.15, -0.1) is 10.2 Å². The highest BCUT2D eigenvalue weighted by atomic mass is 32.2. The smallest absolute Gasteiger partial charge is 0.230 e. The Morgan fingerprint density at radius 1 is 1.32 bits per heavy atom. The number of para-hydroxylation sites is 1. The fourth-order valence-electron chi connectivity index (χ4n) is 2.70. The third-order valence-corrected chi connectivity index (χ3v) is 4.69. The first-order valence-electron chi connectivity index (χ1n) is 8.24.